The fraction of sp³-hybridized carbons (Fsp3) is 0.818. The molecule has 0 aliphatic carbocycles. The molecule has 0 rings (SSSR count). The number of carbonyl (C=O) groups is 2. The zero-order valence-corrected chi connectivity index (χ0v) is 12.0. The molecule has 102 valence electrons. The first-order chi connectivity index (χ1) is 7.45. The van der Waals surface area contributed by atoms with Crippen LogP contribution in [0.15, 0.2) is 0 Å². The second kappa shape index (κ2) is 7.89. The molecule has 0 aromatic heterocycles. The summed E-state index contributed by atoms with van der Waals surface area (Å²) < 4.78 is 5.51. The number of rotatable bonds is 3. The number of hydrogen-bond acceptors (Lipinski definition) is 3. The molecule has 0 aromatic rings. The Labute approximate surface area is 104 Å². The van der Waals surface area contributed by atoms with E-state index in [0.717, 1.165) is 11.0 Å². The van der Waals surface area contributed by atoms with E-state index in [0.29, 0.717) is 0 Å². The highest BCUT2D eigenvalue weighted by Crippen LogP contribution is 1.97. The number of hydrogen-bond donors (Lipinski definition) is 1. The molecule has 17 heavy (non-hydrogen) atoms. The van der Waals surface area contributed by atoms with Crippen molar-refractivity contribution in [3.63, 3.8) is 0 Å². The number of ether oxygens (including phenoxy) is 1. The standard InChI is InChI=1S/C7H16N2O2.C4H9NO/c1-6(11-7(8)10)5-9(2,3)4;1-4(6)5(2)3/h6H,5H2,1-4H3,(H-,8,10);1-3H3/p+1/t6-;/m1./s1. The summed E-state index contributed by atoms with van der Waals surface area (Å²) in [4.78, 5) is 21.9. The predicted molar refractivity (Wildman–Crippen MR) is 67.4 cm³/mol. The number of nitrogens with zero attached hydrogens (tertiary/aromatic N) is 2. The van der Waals surface area contributed by atoms with E-state index in [1.165, 1.54) is 11.8 Å². The van der Waals surface area contributed by atoms with Crippen LogP contribution in [0.3, 0.4) is 0 Å². The van der Waals surface area contributed by atoms with Gasteiger partial charge in [-0.2, -0.15) is 0 Å². The van der Waals surface area contributed by atoms with Gasteiger partial charge in [-0.25, -0.2) is 4.79 Å². The lowest BCUT2D eigenvalue weighted by molar-refractivity contribution is -0.873. The van der Waals surface area contributed by atoms with Crippen LogP contribution in [0, 0.1) is 0 Å². The zero-order chi connectivity index (χ0) is 14.2. The smallest absolute Gasteiger partial charge is 0.404 e. The van der Waals surface area contributed by atoms with Gasteiger partial charge in [-0.1, -0.05) is 0 Å². The van der Waals surface area contributed by atoms with Gasteiger partial charge in [0.2, 0.25) is 5.91 Å². The van der Waals surface area contributed by atoms with Crippen LogP contribution in [0.4, 0.5) is 4.79 Å². The molecular weight excluding hydrogens is 222 g/mol. The highest BCUT2D eigenvalue weighted by Gasteiger charge is 2.15. The molecule has 6 nitrogen and oxygen atoms in total. The molecule has 0 aliphatic rings. The Morgan fingerprint density at radius 3 is 1.82 bits per heavy atom. The van der Waals surface area contributed by atoms with Crippen LogP contribution >= 0.6 is 0 Å². The summed E-state index contributed by atoms with van der Waals surface area (Å²) in [6.45, 7) is 4.12. The number of primary amides is 1. The maximum absolute atomic E-state index is 10.3. The molecule has 0 fully saturated rings. The van der Waals surface area contributed by atoms with Gasteiger partial charge in [0.25, 0.3) is 0 Å². The van der Waals surface area contributed by atoms with Gasteiger partial charge < -0.3 is 19.9 Å². The van der Waals surface area contributed by atoms with Crippen LogP contribution in [-0.2, 0) is 9.53 Å². The van der Waals surface area contributed by atoms with Gasteiger partial charge in [-0.05, 0) is 6.92 Å². The summed E-state index contributed by atoms with van der Waals surface area (Å²) in [5.41, 5.74) is 4.84. The van der Waals surface area contributed by atoms with E-state index in [9.17, 15) is 9.59 Å². The van der Waals surface area contributed by atoms with Crippen LogP contribution < -0.4 is 5.73 Å². The van der Waals surface area contributed by atoms with Crippen LogP contribution in [0.1, 0.15) is 13.8 Å². The lowest BCUT2D eigenvalue weighted by atomic mass is 10.3. The molecule has 0 radical (unpaired) electrons. The summed E-state index contributed by atoms with van der Waals surface area (Å²) in [5, 5.41) is 0. The molecule has 2 N–H and O–H groups in total. The first kappa shape index (κ1) is 18.1. The average Bonchev–Trinajstić information content (AvgIpc) is 1.98. The third kappa shape index (κ3) is 17.3. The van der Waals surface area contributed by atoms with Crippen LogP contribution in [-0.4, -0.2) is 69.3 Å². The lowest BCUT2D eigenvalue weighted by Crippen LogP contribution is -2.42. The second-order valence-electron chi connectivity index (χ2n) is 5.13. The summed E-state index contributed by atoms with van der Waals surface area (Å²) in [6, 6.07) is 0. The summed E-state index contributed by atoms with van der Waals surface area (Å²) in [7, 11) is 9.53. The van der Waals surface area contributed by atoms with Crippen molar-refractivity contribution >= 4 is 12.0 Å². The fourth-order valence-corrected chi connectivity index (χ4v) is 1.01. The highest BCUT2D eigenvalue weighted by molar-refractivity contribution is 5.72. The van der Waals surface area contributed by atoms with Crippen molar-refractivity contribution in [1.82, 2.24) is 4.90 Å². The van der Waals surface area contributed by atoms with Crippen molar-refractivity contribution in [2.24, 2.45) is 5.73 Å². The first-order valence-electron chi connectivity index (χ1n) is 5.40. The van der Waals surface area contributed by atoms with E-state index in [1.807, 2.05) is 28.1 Å². The van der Waals surface area contributed by atoms with Gasteiger partial charge in [-0.3, -0.25) is 4.79 Å². The number of quaternary nitrogens is 1. The summed E-state index contributed by atoms with van der Waals surface area (Å²) in [6.07, 6.45) is -0.821. The van der Waals surface area contributed by atoms with Crippen molar-refractivity contribution in [1.29, 1.82) is 0 Å². The van der Waals surface area contributed by atoms with Crippen molar-refractivity contribution < 1.29 is 18.8 Å². The van der Waals surface area contributed by atoms with Gasteiger partial charge in [0.05, 0.1) is 21.1 Å². The number of likely N-dealkylation sites (N-methyl/N-ethyl adjacent to an activating group) is 1. The minimum Gasteiger partial charge on any atom is -0.441 e. The molecule has 0 heterocycles. The van der Waals surface area contributed by atoms with Gasteiger partial charge in [0.15, 0.2) is 0 Å². The molecule has 0 spiro atoms. The van der Waals surface area contributed by atoms with Gasteiger partial charge in [0, 0.05) is 21.0 Å². The summed E-state index contributed by atoms with van der Waals surface area (Å²) in [5.74, 6) is 0.0926. The maximum Gasteiger partial charge on any atom is 0.404 e. The van der Waals surface area contributed by atoms with Gasteiger partial charge in [-0.15, -0.1) is 0 Å². The number of nitrogens with two attached hydrogens (primary N) is 1. The molecule has 6 heteroatoms. The largest absolute Gasteiger partial charge is 0.441 e. The quantitative estimate of drug-likeness (QED) is 0.729. The van der Waals surface area contributed by atoms with Gasteiger partial charge >= 0.3 is 6.09 Å². The molecule has 0 saturated heterocycles. The number of amides is 2. The normalized spacial score (nSPS) is 11.9. The van der Waals surface area contributed by atoms with E-state index in [-0.39, 0.29) is 12.0 Å². The molecule has 2 amide bonds. The predicted octanol–water partition coefficient (Wildman–Crippen LogP) is 0.271. The number of carbonyl (C=O) groups excluding carboxylic acids is 2. The fourth-order valence-electron chi connectivity index (χ4n) is 1.01. The maximum atomic E-state index is 10.3. The second-order valence-corrected chi connectivity index (χ2v) is 5.13. The average molecular weight is 248 g/mol. The van der Waals surface area contributed by atoms with Crippen LogP contribution in [0.2, 0.25) is 0 Å². The Hall–Kier alpha value is -1.30. The van der Waals surface area contributed by atoms with Crippen LogP contribution in [0.5, 0.6) is 0 Å². The third-order valence-electron chi connectivity index (χ3n) is 1.75. The minimum atomic E-state index is -0.703. The van der Waals surface area contributed by atoms with Crippen LogP contribution in [0.25, 0.3) is 0 Å². The topological polar surface area (TPSA) is 72.6 Å². The van der Waals surface area contributed by atoms with Crippen molar-refractivity contribution in [2.75, 3.05) is 41.8 Å². The van der Waals surface area contributed by atoms with Crippen molar-refractivity contribution in [3.05, 3.63) is 0 Å². The zero-order valence-electron chi connectivity index (χ0n) is 12.0. The van der Waals surface area contributed by atoms with E-state index < -0.39 is 6.09 Å². The van der Waals surface area contributed by atoms with E-state index in [2.05, 4.69) is 0 Å². The molecule has 0 bridgehead atoms. The van der Waals surface area contributed by atoms with E-state index >= 15 is 0 Å². The van der Waals surface area contributed by atoms with E-state index in [4.69, 9.17) is 10.5 Å². The van der Waals surface area contributed by atoms with Crippen molar-refractivity contribution in [2.45, 2.75) is 20.0 Å². The Balaban J connectivity index is 0. The molecule has 0 unspecified atom stereocenters. The Kier molecular flexibility index (Phi) is 8.39. The molecule has 0 aromatic carbocycles. The Morgan fingerprint density at radius 2 is 1.65 bits per heavy atom. The van der Waals surface area contributed by atoms with Gasteiger partial charge in [0.1, 0.15) is 12.6 Å². The lowest BCUT2D eigenvalue weighted by Gasteiger charge is -2.26. The molecule has 1 atom stereocenters. The summed E-state index contributed by atoms with van der Waals surface area (Å²) >= 11 is 0. The Bertz CT molecular complexity index is 247. The third-order valence-corrected chi connectivity index (χ3v) is 1.75. The molecule has 0 saturated carbocycles. The molecular formula is C11H26N3O3+. The highest BCUT2D eigenvalue weighted by atomic mass is 16.6. The van der Waals surface area contributed by atoms with E-state index in [1.54, 1.807) is 14.1 Å². The molecule has 0 aliphatic heterocycles. The van der Waals surface area contributed by atoms with Crippen molar-refractivity contribution in [3.8, 4) is 0 Å². The first-order valence-corrected chi connectivity index (χ1v) is 5.40. The minimum absolute atomic E-state index is 0.0926. The Morgan fingerprint density at radius 1 is 1.29 bits per heavy atom. The SMILES string of the molecule is CC(=O)N(C)C.C[C@H](C[N+](C)(C)C)OC(N)=O. The monoisotopic (exact) mass is 248 g/mol.